The van der Waals surface area contributed by atoms with Gasteiger partial charge in [0.25, 0.3) is 0 Å². The summed E-state index contributed by atoms with van der Waals surface area (Å²) in [7, 11) is 0. The fraction of sp³-hybridized carbons (Fsp3) is 0.714. The molecule has 1 atom stereocenters. The molecule has 0 radical (unpaired) electrons. The molecule has 2 rings (SSSR count). The van der Waals surface area contributed by atoms with Crippen LogP contribution in [0.3, 0.4) is 0 Å². The van der Waals surface area contributed by atoms with Crippen LogP contribution in [0.1, 0.15) is 61.2 Å². The van der Waals surface area contributed by atoms with Gasteiger partial charge in [0.15, 0.2) is 0 Å². The molecule has 0 aromatic carbocycles. The highest BCUT2D eigenvalue weighted by molar-refractivity contribution is 7.12. The van der Waals surface area contributed by atoms with E-state index in [0.29, 0.717) is 6.04 Å². The van der Waals surface area contributed by atoms with E-state index >= 15 is 0 Å². The molecule has 1 aromatic heterocycles. The molecule has 0 spiro atoms. The zero-order valence-electron chi connectivity index (χ0n) is 10.2. The van der Waals surface area contributed by atoms with Gasteiger partial charge in [0.1, 0.15) is 0 Å². The lowest BCUT2D eigenvalue weighted by atomic mass is 9.91. The Bertz CT molecular complexity index is 310. The van der Waals surface area contributed by atoms with Crippen LogP contribution in [0.5, 0.6) is 0 Å². The van der Waals surface area contributed by atoms with Crippen LogP contribution in [0.4, 0.5) is 0 Å². The molecule has 0 bridgehead atoms. The third-order valence-electron chi connectivity index (χ3n) is 3.77. The minimum atomic E-state index is 0.295. The SMILES string of the molecule is CCc1ccc(C(N)C2CCCCCC2)s1. The van der Waals surface area contributed by atoms with E-state index in [9.17, 15) is 0 Å². The Hall–Kier alpha value is -0.340. The van der Waals surface area contributed by atoms with E-state index in [4.69, 9.17) is 5.73 Å². The Morgan fingerprint density at radius 2 is 1.94 bits per heavy atom. The fourth-order valence-corrected chi connectivity index (χ4v) is 3.71. The average Bonchev–Trinajstić information content (AvgIpc) is 2.62. The highest BCUT2D eigenvalue weighted by Gasteiger charge is 2.21. The van der Waals surface area contributed by atoms with E-state index in [1.807, 2.05) is 11.3 Å². The van der Waals surface area contributed by atoms with E-state index in [2.05, 4.69) is 19.1 Å². The molecule has 1 heterocycles. The quantitative estimate of drug-likeness (QED) is 0.780. The number of hydrogen-bond acceptors (Lipinski definition) is 2. The van der Waals surface area contributed by atoms with Crippen LogP contribution in [0.25, 0.3) is 0 Å². The van der Waals surface area contributed by atoms with Crippen molar-refractivity contribution in [2.45, 2.75) is 57.9 Å². The maximum absolute atomic E-state index is 6.42. The van der Waals surface area contributed by atoms with Gasteiger partial charge in [0, 0.05) is 15.8 Å². The maximum Gasteiger partial charge on any atom is 0.0418 e. The van der Waals surface area contributed by atoms with Gasteiger partial charge < -0.3 is 5.73 Å². The Morgan fingerprint density at radius 1 is 1.25 bits per heavy atom. The van der Waals surface area contributed by atoms with Crippen molar-refractivity contribution in [1.29, 1.82) is 0 Å². The average molecular weight is 237 g/mol. The number of thiophene rings is 1. The number of nitrogens with two attached hydrogens (primary N) is 1. The summed E-state index contributed by atoms with van der Waals surface area (Å²) >= 11 is 1.92. The van der Waals surface area contributed by atoms with Gasteiger partial charge >= 0.3 is 0 Å². The summed E-state index contributed by atoms with van der Waals surface area (Å²) in [5.41, 5.74) is 6.42. The van der Waals surface area contributed by atoms with Gasteiger partial charge in [-0.15, -0.1) is 11.3 Å². The van der Waals surface area contributed by atoms with Gasteiger partial charge in [0.2, 0.25) is 0 Å². The molecule has 0 saturated heterocycles. The molecule has 16 heavy (non-hydrogen) atoms. The van der Waals surface area contributed by atoms with Crippen LogP contribution < -0.4 is 5.73 Å². The summed E-state index contributed by atoms with van der Waals surface area (Å²) < 4.78 is 0. The number of hydrogen-bond donors (Lipinski definition) is 1. The lowest BCUT2D eigenvalue weighted by Gasteiger charge is -2.21. The van der Waals surface area contributed by atoms with Crippen LogP contribution in [0, 0.1) is 5.92 Å². The maximum atomic E-state index is 6.42. The first-order valence-electron chi connectivity index (χ1n) is 6.65. The topological polar surface area (TPSA) is 26.0 Å². The summed E-state index contributed by atoms with van der Waals surface area (Å²) in [6.45, 7) is 2.22. The molecule has 0 amide bonds. The minimum Gasteiger partial charge on any atom is -0.323 e. The second-order valence-corrected chi connectivity index (χ2v) is 6.13. The van der Waals surface area contributed by atoms with Crippen molar-refractivity contribution < 1.29 is 0 Å². The van der Waals surface area contributed by atoms with Crippen molar-refractivity contribution in [1.82, 2.24) is 0 Å². The van der Waals surface area contributed by atoms with Crippen LogP contribution in [0.2, 0.25) is 0 Å². The fourth-order valence-electron chi connectivity index (χ4n) is 2.67. The molecular weight excluding hydrogens is 214 g/mol. The van der Waals surface area contributed by atoms with E-state index < -0.39 is 0 Å². The Kier molecular flexibility index (Phi) is 4.42. The largest absolute Gasteiger partial charge is 0.323 e. The molecule has 90 valence electrons. The molecule has 1 nitrogen and oxygen atoms in total. The molecule has 1 aromatic rings. The number of rotatable bonds is 3. The predicted octanol–water partition coefficient (Wildman–Crippen LogP) is 4.28. The van der Waals surface area contributed by atoms with Crippen LogP contribution in [0.15, 0.2) is 12.1 Å². The Balaban J connectivity index is 2.01. The normalized spacial score (nSPS) is 20.6. The molecule has 1 saturated carbocycles. The first-order valence-corrected chi connectivity index (χ1v) is 7.47. The van der Waals surface area contributed by atoms with Crippen molar-refractivity contribution >= 4 is 11.3 Å². The van der Waals surface area contributed by atoms with Gasteiger partial charge in [0.05, 0.1) is 0 Å². The molecule has 1 unspecified atom stereocenters. The van der Waals surface area contributed by atoms with E-state index in [1.54, 1.807) is 0 Å². The summed E-state index contributed by atoms with van der Waals surface area (Å²) in [6.07, 6.45) is 9.39. The van der Waals surface area contributed by atoms with Gasteiger partial charge in [-0.2, -0.15) is 0 Å². The zero-order valence-corrected chi connectivity index (χ0v) is 11.1. The van der Waals surface area contributed by atoms with Gasteiger partial charge in [-0.3, -0.25) is 0 Å². The van der Waals surface area contributed by atoms with Crippen LogP contribution >= 0.6 is 11.3 Å². The van der Waals surface area contributed by atoms with E-state index in [-0.39, 0.29) is 0 Å². The van der Waals surface area contributed by atoms with Gasteiger partial charge in [-0.05, 0) is 37.3 Å². The van der Waals surface area contributed by atoms with Gasteiger partial charge in [-0.25, -0.2) is 0 Å². The van der Waals surface area contributed by atoms with Crippen molar-refractivity contribution in [3.63, 3.8) is 0 Å². The summed E-state index contributed by atoms with van der Waals surface area (Å²) in [5.74, 6) is 0.728. The van der Waals surface area contributed by atoms with Gasteiger partial charge in [-0.1, -0.05) is 32.6 Å². The number of aryl methyl sites for hydroxylation is 1. The minimum absolute atomic E-state index is 0.295. The highest BCUT2D eigenvalue weighted by Crippen LogP contribution is 2.34. The summed E-state index contributed by atoms with van der Waals surface area (Å²) in [4.78, 5) is 2.88. The highest BCUT2D eigenvalue weighted by atomic mass is 32.1. The Morgan fingerprint density at radius 3 is 2.50 bits per heavy atom. The molecule has 1 aliphatic carbocycles. The standard InChI is InChI=1S/C14H23NS/c1-2-12-9-10-13(16-12)14(15)11-7-5-3-4-6-8-11/h9-11,14H,2-8,15H2,1H3. The molecule has 1 fully saturated rings. The third kappa shape index (κ3) is 2.86. The summed E-state index contributed by atoms with van der Waals surface area (Å²) in [5, 5.41) is 0. The molecule has 2 heteroatoms. The monoisotopic (exact) mass is 237 g/mol. The summed E-state index contributed by atoms with van der Waals surface area (Å²) in [6, 6.07) is 4.79. The molecule has 2 N–H and O–H groups in total. The van der Waals surface area contributed by atoms with Crippen LogP contribution in [-0.2, 0) is 6.42 Å². The van der Waals surface area contributed by atoms with E-state index in [0.717, 1.165) is 12.3 Å². The molecular formula is C14H23NS. The second-order valence-electron chi connectivity index (χ2n) is 4.94. The third-order valence-corrected chi connectivity index (χ3v) is 5.10. The van der Waals surface area contributed by atoms with Crippen molar-refractivity contribution in [3.8, 4) is 0 Å². The van der Waals surface area contributed by atoms with Crippen molar-refractivity contribution in [2.24, 2.45) is 11.7 Å². The van der Waals surface area contributed by atoms with E-state index in [1.165, 1.54) is 48.3 Å². The lowest BCUT2D eigenvalue weighted by molar-refractivity contribution is 0.386. The smallest absolute Gasteiger partial charge is 0.0418 e. The molecule has 1 aliphatic rings. The molecule has 0 aliphatic heterocycles. The zero-order chi connectivity index (χ0) is 11.4. The first-order chi connectivity index (χ1) is 7.81. The second kappa shape index (κ2) is 5.83. The Labute approximate surface area is 103 Å². The lowest BCUT2D eigenvalue weighted by Crippen LogP contribution is -2.19. The van der Waals surface area contributed by atoms with Crippen molar-refractivity contribution in [2.75, 3.05) is 0 Å². The van der Waals surface area contributed by atoms with Crippen LogP contribution in [-0.4, -0.2) is 0 Å². The first kappa shape index (κ1) is 12.1. The predicted molar refractivity (Wildman–Crippen MR) is 71.8 cm³/mol. The van der Waals surface area contributed by atoms with Crippen molar-refractivity contribution in [3.05, 3.63) is 21.9 Å².